The molecule has 0 saturated heterocycles. The van der Waals surface area contributed by atoms with E-state index in [1.165, 1.54) is 19.3 Å². The lowest BCUT2D eigenvalue weighted by Gasteiger charge is -2.13. The van der Waals surface area contributed by atoms with Gasteiger partial charge in [0, 0.05) is 22.6 Å². The first-order valence-electron chi connectivity index (χ1n) is 5.82. The minimum atomic E-state index is 0.644. The monoisotopic (exact) mass is 257 g/mol. The highest BCUT2D eigenvalue weighted by Crippen LogP contribution is 2.26. The zero-order chi connectivity index (χ0) is 11.5. The van der Waals surface area contributed by atoms with Crippen molar-refractivity contribution in [1.82, 2.24) is 5.32 Å². The molecule has 1 aliphatic carbocycles. The number of hydrogen-bond donors (Lipinski definition) is 1. The maximum absolute atomic E-state index is 6.11. The molecule has 0 heterocycles. The van der Waals surface area contributed by atoms with Crippen LogP contribution in [0.2, 0.25) is 10.0 Å². The van der Waals surface area contributed by atoms with E-state index < -0.39 is 0 Å². The van der Waals surface area contributed by atoms with Gasteiger partial charge in [0.1, 0.15) is 0 Å². The molecule has 2 atom stereocenters. The lowest BCUT2D eigenvalue weighted by atomic mass is 10.1. The molecule has 1 aromatic rings. The van der Waals surface area contributed by atoms with Gasteiger partial charge in [0.05, 0.1) is 0 Å². The van der Waals surface area contributed by atoms with Crippen LogP contribution < -0.4 is 5.32 Å². The summed E-state index contributed by atoms with van der Waals surface area (Å²) in [4.78, 5) is 0. The lowest BCUT2D eigenvalue weighted by molar-refractivity contribution is 0.502. The Hall–Kier alpha value is -0.240. The number of nitrogens with one attached hydrogen (secondary N) is 1. The standard InChI is InChI=1S/C13H17Cl2N/c1-9-2-4-12(6-9)16-8-10-7-11(14)3-5-13(10)15/h3,5,7,9,12,16H,2,4,6,8H2,1H3. The molecule has 0 spiro atoms. The molecule has 0 aromatic heterocycles. The Morgan fingerprint density at radius 3 is 2.81 bits per heavy atom. The third-order valence-electron chi connectivity index (χ3n) is 3.28. The van der Waals surface area contributed by atoms with E-state index in [4.69, 9.17) is 23.2 Å². The Morgan fingerprint density at radius 2 is 2.12 bits per heavy atom. The van der Waals surface area contributed by atoms with Crippen LogP contribution in [-0.4, -0.2) is 6.04 Å². The number of hydrogen-bond acceptors (Lipinski definition) is 1. The van der Waals surface area contributed by atoms with Crippen LogP contribution in [-0.2, 0) is 6.54 Å². The predicted octanol–water partition coefficient (Wildman–Crippen LogP) is 4.27. The van der Waals surface area contributed by atoms with Gasteiger partial charge in [-0.25, -0.2) is 0 Å². The van der Waals surface area contributed by atoms with Crippen LogP contribution in [0, 0.1) is 5.92 Å². The van der Waals surface area contributed by atoms with Crippen LogP contribution >= 0.6 is 23.2 Å². The molecule has 0 radical (unpaired) electrons. The van der Waals surface area contributed by atoms with Crippen LogP contribution in [0.3, 0.4) is 0 Å². The Balaban J connectivity index is 1.91. The minimum absolute atomic E-state index is 0.644. The Bertz CT molecular complexity index is 365. The Morgan fingerprint density at radius 1 is 1.31 bits per heavy atom. The molecule has 0 aliphatic heterocycles. The molecule has 1 aromatic carbocycles. The second-order valence-corrected chi connectivity index (χ2v) is 5.58. The fourth-order valence-corrected chi connectivity index (χ4v) is 2.70. The van der Waals surface area contributed by atoms with Gasteiger partial charge >= 0.3 is 0 Å². The number of rotatable bonds is 3. The van der Waals surface area contributed by atoms with Crippen LogP contribution in [0.4, 0.5) is 0 Å². The van der Waals surface area contributed by atoms with E-state index in [1.807, 2.05) is 18.2 Å². The van der Waals surface area contributed by atoms with Gasteiger partial charge in [-0.05, 0) is 48.9 Å². The second kappa shape index (κ2) is 5.39. The van der Waals surface area contributed by atoms with Gasteiger partial charge in [-0.1, -0.05) is 30.1 Å². The van der Waals surface area contributed by atoms with Gasteiger partial charge in [-0.2, -0.15) is 0 Å². The topological polar surface area (TPSA) is 12.0 Å². The van der Waals surface area contributed by atoms with Crippen LogP contribution in [0.15, 0.2) is 18.2 Å². The first-order chi connectivity index (χ1) is 7.65. The summed E-state index contributed by atoms with van der Waals surface area (Å²) < 4.78 is 0. The van der Waals surface area contributed by atoms with Crippen molar-refractivity contribution < 1.29 is 0 Å². The van der Waals surface area contributed by atoms with Gasteiger partial charge < -0.3 is 5.32 Å². The normalized spacial score (nSPS) is 24.9. The molecule has 1 aliphatic rings. The van der Waals surface area contributed by atoms with Crippen LogP contribution in [0.25, 0.3) is 0 Å². The Labute approximate surface area is 107 Å². The highest BCUT2D eigenvalue weighted by molar-refractivity contribution is 6.33. The molecule has 88 valence electrons. The highest BCUT2D eigenvalue weighted by atomic mass is 35.5. The molecular weight excluding hydrogens is 241 g/mol. The summed E-state index contributed by atoms with van der Waals surface area (Å²) in [5.74, 6) is 0.854. The summed E-state index contributed by atoms with van der Waals surface area (Å²) in [6.45, 7) is 3.13. The molecule has 2 unspecified atom stereocenters. The molecule has 2 rings (SSSR count). The molecule has 1 nitrogen and oxygen atoms in total. The molecule has 1 fully saturated rings. The fourth-order valence-electron chi connectivity index (χ4n) is 2.33. The SMILES string of the molecule is CC1CCC(NCc2cc(Cl)ccc2Cl)C1. The van der Waals surface area contributed by atoms with Crippen molar-refractivity contribution in [3.05, 3.63) is 33.8 Å². The van der Waals surface area contributed by atoms with E-state index in [0.29, 0.717) is 6.04 Å². The van der Waals surface area contributed by atoms with Crippen molar-refractivity contribution in [3.63, 3.8) is 0 Å². The van der Waals surface area contributed by atoms with Crippen molar-refractivity contribution in [2.75, 3.05) is 0 Å². The fraction of sp³-hybridized carbons (Fsp3) is 0.538. The van der Waals surface area contributed by atoms with E-state index in [-0.39, 0.29) is 0 Å². The summed E-state index contributed by atoms with van der Waals surface area (Å²) >= 11 is 12.1. The van der Waals surface area contributed by atoms with Crippen molar-refractivity contribution in [2.45, 2.75) is 38.8 Å². The number of halogens is 2. The van der Waals surface area contributed by atoms with Crippen molar-refractivity contribution in [1.29, 1.82) is 0 Å². The van der Waals surface area contributed by atoms with E-state index in [2.05, 4.69) is 12.2 Å². The van der Waals surface area contributed by atoms with E-state index in [1.54, 1.807) is 0 Å². The average molecular weight is 258 g/mol. The van der Waals surface area contributed by atoms with Gasteiger partial charge in [-0.3, -0.25) is 0 Å². The summed E-state index contributed by atoms with van der Waals surface area (Å²) in [5, 5.41) is 5.10. The maximum Gasteiger partial charge on any atom is 0.0451 e. The summed E-state index contributed by atoms with van der Waals surface area (Å²) in [6, 6.07) is 6.27. The quantitative estimate of drug-likeness (QED) is 0.853. The molecule has 0 bridgehead atoms. The van der Waals surface area contributed by atoms with Crippen molar-refractivity contribution >= 4 is 23.2 Å². The van der Waals surface area contributed by atoms with Gasteiger partial charge in [0.2, 0.25) is 0 Å². The molecule has 1 N–H and O–H groups in total. The molecule has 3 heteroatoms. The van der Waals surface area contributed by atoms with E-state index in [9.17, 15) is 0 Å². The number of benzene rings is 1. The third kappa shape index (κ3) is 3.13. The lowest BCUT2D eigenvalue weighted by Crippen LogP contribution is -2.25. The molecule has 16 heavy (non-hydrogen) atoms. The van der Waals surface area contributed by atoms with Gasteiger partial charge in [0.25, 0.3) is 0 Å². The highest BCUT2D eigenvalue weighted by Gasteiger charge is 2.20. The summed E-state index contributed by atoms with van der Waals surface area (Å²) in [7, 11) is 0. The van der Waals surface area contributed by atoms with Crippen molar-refractivity contribution in [3.8, 4) is 0 Å². The first kappa shape index (κ1) is 12.2. The second-order valence-electron chi connectivity index (χ2n) is 4.73. The van der Waals surface area contributed by atoms with Crippen molar-refractivity contribution in [2.24, 2.45) is 5.92 Å². The zero-order valence-corrected chi connectivity index (χ0v) is 11.0. The molecular formula is C13H17Cl2N. The molecule has 1 saturated carbocycles. The average Bonchev–Trinajstić information content (AvgIpc) is 2.66. The van der Waals surface area contributed by atoms with Gasteiger partial charge in [0.15, 0.2) is 0 Å². The predicted molar refractivity (Wildman–Crippen MR) is 70.1 cm³/mol. The first-order valence-corrected chi connectivity index (χ1v) is 6.58. The van der Waals surface area contributed by atoms with E-state index >= 15 is 0 Å². The summed E-state index contributed by atoms with van der Waals surface area (Å²) in [5.41, 5.74) is 1.09. The van der Waals surface area contributed by atoms with Gasteiger partial charge in [-0.15, -0.1) is 0 Å². The minimum Gasteiger partial charge on any atom is -0.310 e. The smallest absolute Gasteiger partial charge is 0.0451 e. The summed E-state index contributed by atoms with van der Waals surface area (Å²) in [6.07, 6.45) is 3.89. The van der Waals surface area contributed by atoms with Crippen LogP contribution in [0.1, 0.15) is 31.7 Å². The maximum atomic E-state index is 6.11. The third-order valence-corrected chi connectivity index (χ3v) is 3.89. The van der Waals surface area contributed by atoms with E-state index in [0.717, 1.165) is 28.1 Å². The largest absolute Gasteiger partial charge is 0.310 e. The Kier molecular flexibility index (Phi) is 4.12. The molecule has 0 amide bonds. The zero-order valence-electron chi connectivity index (χ0n) is 9.47. The van der Waals surface area contributed by atoms with Crippen LogP contribution in [0.5, 0.6) is 0 Å².